The standard InChI is InChI=1S/C13H18FNO3S/c1-18-11-5-2-4-10(14)12(11)13(17)15-6-9-19-8-3-7-16/h2,4-5,16H,3,6-9H2,1H3,(H,15,17). The summed E-state index contributed by atoms with van der Waals surface area (Å²) in [5.41, 5.74) is -0.0645. The highest BCUT2D eigenvalue weighted by molar-refractivity contribution is 7.99. The minimum Gasteiger partial charge on any atom is -0.496 e. The highest BCUT2D eigenvalue weighted by atomic mass is 32.2. The van der Waals surface area contributed by atoms with Crippen LogP contribution < -0.4 is 10.1 Å². The van der Waals surface area contributed by atoms with Gasteiger partial charge >= 0.3 is 0 Å². The number of rotatable bonds is 8. The van der Waals surface area contributed by atoms with Crippen molar-refractivity contribution in [3.63, 3.8) is 0 Å². The zero-order chi connectivity index (χ0) is 14.1. The van der Waals surface area contributed by atoms with Crippen molar-refractivity contribution < 1.29 is 19.0 Å². The lowest BCUT2D eigenvalue weighted by Crippen LogP contribution is -2.27. The van der Waals surface area contributed by atoms with E-state index >= 15 is 0 Å². The van der Waals surface area contributed by atoms with Crippen LogP contribution in [0.4, 0.5) is 4.39 Å². The normalized spacial score (nSPS) is 10.3. The van der Waals surface area contributed by atoms with Gasteiger partial charge in [-0.15, -0.1) is 0 Å². The molecule has 1 amide bonds. The number of hydrogen-bond acceptors (Lipinski definition) is 4. The molecule has 0 aliphatic heterocycles. The van der Waals surface area contributed by atoms with Gasteiger partial charge < -0.3 is 15.2 Å². The molecule has 0 atom stereocenters. The average molecular weight is 287 g/mol. The number of thioether (sulfide) groups is 1. The first-order valence-corrected chi connectivity index (χ1v) is 7.15. The molecule has 1 aromatic rings. The molecule has 0 saturated heterocycles. The number of methoxy groups -OCH3 is 1. The van der Waals surface area contributed by atoms with E-state index in [0.717, 1.165) is 17.9 Å². The van der Waals surface area contributed by atoms with Crippen molar-refractivity contribution in [3.8, 4) is 5.75 Å². The fourth-order valence-electron chi connectivity index (χ4n) is 1.49. The third kappa shape index (κ3) is 5.08. The first-order chi connectivity index (χ1) is 9.20. The van der Waals surface area contributed by atoms with E-state index in [-0.39, 0.29) is 17.9 Å². The Balaban J connectivity index is 2.45. The molecule has 0 aromatic heterocycles. The molecule has 1 aromatic carbocycles. The second-order valence-electron chi connectivity index (χ2n) is 3.76. The van der Waals surface area contributed by atoms with Crippen molar-refractivity contribution in [3.05, 3.63) is 29.6 Å². The molecule has 6 heteroatoms. The van der Waals surface area contributed by atoms with Crippen LogP contribution in [0.15, 0.2) is 18.2 Å². The van der Waals surface area contributed by atoms with E-state index in [1.165, 1.54) is 19.2 Å². The van der Waals surface area contributed by atoms with Gasteiger partial charge in [0.25, 0.3) is 5.91 Å². The first kappa shape index (κ1) is 15.8. The van der Waals surface area contributed by atoms with Gasteiger partial charge in [0, 0.05) is 18.9 Å². The molecule has 0 spiro atoms. The maximum absolute atomic E-state index is 13.6. The first-order valence-electron chi connectivity index (χ1n) is 6.00. The summed E-state index contributed by atoms with van der Waals surface area (Å²) < 4.78 is 18.6. The minimum absolute atomic E-state index is 0.0645. The molecule has 0 fully saturated rings. The van der Waals surface area contributed by atoms with Crippen molar-refractivity contribution in [2.24, 2.45) is 0 Å². The molecule has 0 bridgehead atoms. The summed E-state index contributed by atoms with van der Waals surface area (Å²) in [5.74, 6) is 0.727. The Bertz CT molecular complexity index is 415. The highest BCUT2D eigenvalue weighted by Crippen LogP contribution is 2.20. The van der Waals surface area contributed by atoms with E-state index in [2.05, 4.69) is 5.32 Å². The quantitative estimate of drug-likeness (QED) is 0.714. The van der Waals surface area contributed by atoms with Crippen LogP contribution in [0.2, 0.25) is 0 Å². The maximum atomic E-state index is 13.6. The van der Waals surface area contributed by atoms with Gasteiger partial charge in [-0.05, 0) is 24.3 Å². The summed E-state index contributed by atoms with van der Waals surface area (Å²) in [6, 6.07) is 4.27. The second-order valence-corrected chi connectivity index (χ2v) is 4.99. The van der Waals surface area contributed by atoms with Gasteiger partial charge in [0.15, 0.2) is 0 Å². The molecule has 1 rings (SSSR count). The number of benzene rings is 1. The second kappa shape index (κ2) is 8.77. The lowest BCUT2D eigenvalue weighted by molar-refractivity contribution is 0.0949. The summed E-state index contributed by atoms with van der Waals surface area (Å²) in [5, 5.41) is 11.3. The topological polar surface area (TPSA) is 58.6 Å². The molecule has 106 valence electrons. The van der Waals surface area contributed by atoms with E-state index in [0.29, 0.717) is 6.54 Å². The van der Waals surface area contributed by atoms with E-state index in [9.17, 15) is 9.18 Å². The Kier molecular flexibility index (Phi) is 7.28. The number of nitrogens with one attached hydrogen (secondary N) is 1. The van der Waals surface area contributed by atoms with Crippen molar-refractivity contribution in [2.45, 2.75) is 6.42 Å². The number of ether oxygens (including phenoxy) is 1. The largest absolute Gasteiger partial charge is 0.496 e. The number of aliphatic hydroxyl groups excluding tert-OH is 1. The number of hydrogen-bond donors (Lipinski definition) is 2. The number of amides is 1. The highest BCUT2D eigenvalue weighted by Gasteiger charge is 2.16. The lowest BCUT2D eigenvalue weighted by atomic mass is 10.1. The number of halogens is 1. The number of carbonyl (C=O) groups is 1. The summed E-state index contributed by atoms with van der Waals surface area (Å²) in [6.45, 7) is 0.623. The van der Waals surface area contributed by atoms with E-state index in [4.69, 9.17) is 9.84 Å². The Morgan fingerprint density at radius 1 is 1.47 bits per heavy atom. The third-order valence-electron chi connectivity index (χ3n) is 2.40. The zero-order valence-electron chi connectivity index (χ0n) is 10.8. The van der Waals surface area contributed by atoms with Crippen LogP contribution in [0.5, 0.6) is 5.75 Å². The van der Waals surface area contributed by atoms with Gasteiger partial charge in [0.1, 0.15) is 17.1 Å². The van der Waals surface area contributed by atoms with Crippen LogP contribution >= 0.6 is 11.8 Å². The third-order valence-corrected chi connectivity index (χ3v) is 3.47. The van der Waals surface area contributed by atoms with Crippen LogP contribution in [0.1, 0.15) is 16.8 Å². The average Bonchev–Trinajstić information content (AvgIpc) is 2.42. The predicted octanol–water partition coefficient (Wildman–Crippen LogP) is 1.68. The van der Waals surface area contributed by atoms with E-state index in [1.807, 2.05) is 0 Å². The van der Waals surface area contributed by atoms with Gasteiger partial charge in [0.05, 0.1) is 7.11 Å². The molecular weight excluding hydrogens is 269 g/mol. The van der Waals surface area contributed by atoms with Crippen LogP contribution in [0, 0.1) is 5.82 Å². The van der Waals surface area contributed by atoms with Crippen molar-refractivity contribution in [1.29, 1.82) is 0 Å². The Morgan fingerprint density at radius 3 is 2.95 bits per heavy atom. The van der Waals surface area contributed by atoms with Gasteiger partial charge in [-0.25, -0.2) is 4.39 Å². The van der Waals surface area contributed by atoms with Crippen molar-refractivity contribution >= 4 is 17.7 Å². The van der Waals surface area contributed by atoms with E-state index < -0.39 is 11.7 Å². The Morgan fingerprint density at radius 2 is 2.26 bits per heavy atom. The summed E-state index contributed by atoms with van der Waals surface area (Å²) in [7, 11) is 1.40. The number of aliphatic hydroxyl groups is 1. The van der Waals surface area contributed by atoms with Gasteiger partial charge in [-0.2, -0.15) is 11.8 Å². The molecule has 0 aliphatic rings. The fourth-order valence-corrected chi connectivity index (χ4v) is 2.27. The monoisotopic (exact) mass is 287 g/mol. The molecule has 0 unspecified atom stereocenters. The Labute approximate surface area is 116 Å². The molecule has 2 N–H and O–H groups in total. The summed E-state index contributed by atoms with van der Waals surface area (Å²) in [4.78, 5) is 11.9. The predicted molar refractivity (Wildman–Crippen MR) is 74.3 cm³/mol. The van der Waals surface area contributed by atoms with Gasteiger partial charge in [0.2, 0.25) is 0 Å². The van der Waals surface area contributed by atoms with Gasteiger partial charge in [-0.1, -0.05) is 6.07 Å². The minimum atomic E-state index is -0.593. The molecular formula is C13H18FNO3S. The van der Waals surface area contributed by atoms with E-state index in [1.54, 1.807) is 17.8 Å². The molecule has 0 radical (unpaired) electrons. The molecule has 19 heavy (non-hydrogen) atoms. The molecule has 0 saturated carbocycles. The van der Waals surface area contributed by atoms with Crippen LogP contribution in [-0.2, 0) is 0 Å². The zero-order valence-corrected chi connectivity index (χ0v) is 11.6. The Hall–Kier alpha value is -1.27. The molecule has 0 aliphatic carbocycles. The maximum Gasteiger partial charge on any atom is 0.258 e. The van der Waals surface area contributed by atoms with Crippen molar-refractivity contribution in [2.75, 3.05) is 31.8 Å². The van der Waals surface area contributed by atoms with Crippen LogP contribution in [0.3, 0.4) is 0 Å². The SMILES string of the molecule is COc1cccc(F)c1C(=O)NCCSCCCO. The van der Waals surface area contributed by atoms with Crippen LogP contribution in [-0.4, -0.2) is 42.8 Å². The molecule has 0 heterocycles. The van der Waals surface area contributed by atoms with Gasteiger partial charge in [-0.3, -0.25) is 4.79 Å². The smallest absolute Gasteiger partial charge is 0.258 e. The summed E-state index contributed by atoms with van der Waals surface area (Å²) in [6.07, 6.45) is 0.736. The molecule has 4 nitrogen and oxygen atoms in total. The lowest BCUT2D eigenvalue weighted by Gasteiger charge is -2.09. The fraction of sp³-hybridized carbons (Fsp3) is 0.462. The van der Waals surface area contributed by atoms with Crippen LogP contribution in [0.25, 0.3) is 0 Å². The number of carbonyl (C=O) groups excluding carboxylic acids is 1. The van der Waals surface area contributed by atoms with Crippen molar-refractivity contribution in [1.82, 2.24) is 5.32 Å². The summed E-state index contributed by atoms with van der Waals surface area (Å²) >= 11 is 1.63.